The summed E-state index contributed by atoms with van der Waals surface area (Å²) in [5.41, 5.74) is 0.659. The highest BCUT2D eigenvalue weighted by Gasteiger charge is 2.27. The maximum atomic E-state index is 12.2. The van der Waals surface area contributed by atoms with Crippen molar-refractivity contribution in [1.82, 2.24) is 4.98 Å². The van der Waals surface area contributed by atoms with Crippen LogP contribution in [0.2, 0.25) is 0 Å². The zero-order valence-corrected chi connectivity index (χ0v) is 15.3. The summed E-state index contributed by atoms with van der Waals surface area (Å²) in [6.07, 6.45) is 2.05. The van der Waals surface area contributed by atoms with E-state index >= 15 is 0 Å². The standard InChI is InChI=1S/C14H17N3O4S3/c1-10-2-5-14(22-10)24(20,21)17-13-4-3-11(8-15-13)16-12-6-7-23(18,19)9-12/h2-5,8,12,16H,6-7,9H2,1H3,(H,15,17). The molecule has 0 aromatic carbocycles. The second kappa shape index (κ2) is 6.34. The summed E-state index contributed by atoms with van der Waals surface area (Å²) in [5.74, 6) is 0.514. The number of anilines is 2. The number of hydrogen-bond acceptors (Lipinski definition) is 7. The first-order valence-corrected chi connectivity index (χ1v) is 11.4. The van der Waals surface area contributed by atoms with Crippen molar-refractivity contribution in [3.8, 4) is 0 Å². The van der Waals surface area contributed by atoms with Crippen molar-refractivity contribution in [1.29, 1.82) is 0 Å². The van der Waals surface area contributed by atoms with Crippen LogP contribution in [0, 0.1) is 6.92 Å². The van der Waals surface area contributed by atoms with E-state index in [1.165, 1.54) is 17.5 Å². The monoisotopic (exact) mass is 387 g/mol. The first-order chi connectivity index (χ1) is 11.2. The van der Waals surface area contributed by atoms with E-state index in [9.17, 15) is 16.8 Å². The molecule has 7 nitrogen and oxygen atoms in total. The van der Waals surface area contributed by atoms with Crippen molar-refractivity contribution < 1.29 is 16.8 Å². The highest BCUT2D eigenvalue weighted by molar-refractivity contribution is 7.94. The van der Waals surface area contributed by atoms with Crippen LogP contribution in [-0.4, -0.2) is 39.4 Å². The molecule has 2 aromatic rings. The number of pyridine rings is 1. The minimum atomic E-state index is -3.64. The van der Waals surface area contributed by atoms with E-state index in [1.54, 1.807) is 24.3 Å². The van der Waals surface area contributed by atoms with Gasteiger partial charge in [0.25, 0.3) is 10.0 Å². The lowest BCUT2D eigenvalue weighted by Crippen LogP contribution is -2.20. The first kappa shape index (κ1) is 17.2. The zero-order valence-electron chi connectivity index (χ0n) is 12.9. The number of sulfone groups is 1. The van der Waals surface area contributed by atoms with Gasteiger partial charge in [-0.25, -0.2) is 21.8 Å². The zero-order chi connectivity index (χ0) is 17.4. The van der Waals surface area contributed by atoms with Gasteiger partial charge in [0.05, 0.1) is 23.4 Å². The maximum absolute atomic E-state index is 12.2. The molecule has 1 aliphatic heterocycles. The third-order valence-electron chi connectivity index (χ3n) is 3.59. The minimum Gasteiger partial charge on any atom is -0.380 e. The van der Waals surface area contributed by atoms with Gasteiger partial charge < -0.3 is 5.32 Å². The van der Waals surface area contributed by atoms with Gasteiger partial charge >= 0.3 is 0 Å². The maximum Gasteiger partial charge on any atom is 0.272 e. The smallest absolute Gasteiger partial charge is 0.272 e. The number of thiophene rings is 1. The van der Waals surface area contributed by atoms with Crippen molar-refractivity contribution >= 4 is 42.7 Å². The number of hydrogen-bond donors (Lipinski definition) is 2. The summed E-state index contributed by atoms with van der Waals surface area (Å²) in [7, 11) is -6.59. The van der Waals surface area contributed by atoms with Crippen LogP contribution in [0.15, 0.2) is 34.7 Å². The van der Waals surface area contributed by atoms with Crippen LogP contribution in [-0.2, 0) is 19.9 Å². The minimum absolute atomic E-state index is 0.110. The van der Waals surface area contributed by atoms with Gasteiger partial charge in [-0.3, -0.25) is 4.72 Å². The van der Waals surface area contributed by atoms with E-state index in [0.717, 1.165) is 4.88 Å². The van der Waals surface area contributed by atoms with Crippen molar-refractivity contribution in [3.63, 3.8) is 0 Å². The Bertz CT molecular complexity index is 934. The molecule has 10 heteroatoms. The first-order valence-electron chi connectivity index (χ1n) is 7.26. The Morgan fingerprint density at radius 2 is 2.04 bits per heavy atom. The van der Waals surface area contributed by atoms with E-state index in [1.807, 2.05) is 6.92 Å². The molecule has 0 spiro atoms. The van der Waals surface area contributed by atoms with Gasteiger partial charge in [-0.2, -0.15) is 0 Å². The lowest BCUT2D eigenvalue weighted by atomic mass is 10.2. The number of nitrogens with zero attached hydrogens (tertiary/aromatic N) is 1. The van der Waals surface area contributed by atoms with Crippen LogP contribution in [0.5, 0.6) is 0 Å². The average Bonchev–Trinajstić information content (AvgIpc) is 3.07. The largest absolute Gasteiger partial charge is 0.380 e. The Morgan fingerprint density at radius 1 is 1.25 bits per heavy atom. The van der Waals surface area contributed by atoms with E-state index in [2.05, 4.69) is 15.0 Å². The van der Waals surface area contributed by atoms with Crippen molar-refractivity contribution in [2.75, 3.05) is 21.5 Å². The van der Waals surface area contributed by atoms with E-state index < -0.39 is 19.9 Å². The molecule has 2 aromatic heterocycles. The van der Waals surface area contributed by atoms with Crippen molar-refractivity contribution in [2.24, 2.45) is 0 Å². The molecule has 1 unspecified atom stereocenters. The van der Waals surface area contributed by atoms with Crippen LogP contribution in [0.1, 0.15) is 11.3 Å². The van der Waals surface area contributed by atoms with Gasteiger partial charge in [0.15, 0.2) is 9.84 Å². The Balaban J connectivity index is 1.66. The molecule has 24 heavy (non-hydrogen) atoms. The van der Waals surface area contributed by atoms with Crippen molar-refractivity contribution in [3.05, 3.63) is 35.3 Å². The molecule has 130 valence electrons. The van der Waals surface area contributed by atoms with Crippen LogP contribution in [0.25, 0.3) is 0 Å². The van der Waals surface area contributed by atoms with Gasteiger partial charge in [0, 0.05) is 10.9 Å². The number of sulfonamides is 1. The predicted molar refractivity (Wildman–Crippen MR) is 94.8 cm³/mol. The molecular formula is C14H17N3O4S3. The molecule has 0 saturated carbocycles. The Morgan fingerprint density at radius 3 is 2.58 bits per heavy atom. The molecule has 2 N–H and O–H groups in total. The fourth-order valence-corrected chi connectivity index (χ4v) is 6.39. The lowest BCUT2D eigenvalue weighted by Gasteiger charge is -2.12. The fraction of sp³-hybridized carbons (Fsp3) is 0.357. The van der Waals surface area contributed by atoms with E-state index in [-0.39, 0.29) is 27.6 Å². The highest BCUT2D eigenvalue weighted by atomic mass is 32.2. The summed E-state index contributed by atoms with van der Waals surface area (Å²) >= 11 is 1.19. The Kier molecular flexibility index (Phi) is 4.54. The molecule has 0 radical (unpaired) electrons. The average molecular weight is 388 g/mol. The fourth-order valence-electron chi connectivity index (χ4n) is 2.43. The van der Waals surface area contributed by atoms with Gasteiger partial charge in [0.1, 0.15) is 10.0 Å². The third kappa shape index (κ3) is 4.05. The van der Waals surface area contributed by atoms with Crippen LogP contribution in [0.4, 0.5) is 11.5 Å². The normalized spacial score (nSPS) is 20.0. The van der Waals surface area contributed by atoms with Crippen LogP contribution in [0.3, 0.4) is 0 Å². The second-order valence-electron chi connectivity index (χ2n) is 5.65. The molecule has 1 atom stereocenters. The SMILES string of the molecule is Cc1ccc(S(=O)(=O)Nc2ccc(NC3CCS(=O)(=O)C3)cn2)s1. The Hall–Kier alpha value is -1.65. The summed E-state index contributed by atoms with van der Waals surface area (Å²) in [4.78, 5) is 4.99. The molecule has 1 saturated heterocycles. The number of rotatable bonds is 5. The molecule has 0 bridgehead atoms. The molecule has 0 amide bonds. The summed E-state index contributed by atoms with van der Waals surface area (Å²) < 4.78 is 50.0. The van der Waals surface area contributed by atoms with Crippen LogP contribution >= 0.6 is 11.3 Å². The van der Waals surface area contributed by atoms with Gasteiger partial charge in [-0.1, -0.05) is 0 Å². The van der Waals surface area contributed by atoms with Crippen molar-refractivity contribution in [2.45, 2.75) is 23.6 Å². The molecule has 3 rings (SSSR count). The second-order valence-corrected chi connectivity index (χ2v) is 11.1. The molecule has 1 aliphatic rings. The number of nitrogens with one attached hydrogen (secondary N) is 2. The quantitative estimate of drug-likeness (QED) is 0.811. The van der Waals surface area contributed by atoms with E-state index in [0.29, 0.717) is 12.1 Å². The number of aryl methyl sites for hydroxylation is 1. The van der Waals surface area contributed by atoms with Crippen LogP contribution < -0.4 is 10.0 Å². The highest BCUT2D eigenvalue weighted by Crippen LogP contribution is 2.23. The predicted octanol–water partition coefficient (Wildman–Crippen LogP) is 1.85. The summed E-state index contributed by atoms with van der Waals surface area (Å²) in [5, 5.41) is 3.10. The third-order valence-corrected chi connectivity index (χ3v) is 8.20. The van der Waals surface area contributed by atoms with Gasteiger partial charge in [-0.15, -0.1) is 11.3 Å². The Labute approximate surface area is 145 Å². The molecule has 1 fully saturated rings. The molecule has 0 aliphatic carbocycles. The molecular weight excluding hydrogens is 370 g/mol. The lowest BCUT2D eigenvalue weighted by molar-refractivity contribution is 0.600. The number of aromatic nitrogens is 1. The summed E-state index contributed by atoms with van der Waals surface area (Å²) in [6.45, 7) is 1.84. The van der Waals surface area contributed by atoms with Gasteiger partial charge in [0.2, 0.25) is 0 Å². The topological polar surface area (TPSA) is 105 Å². The molecule has 3 heterocycles. The summed E-state index contributed by atoms with van der Waals surface area (Å²) in [6, 6.07) is 6.39. The van der Waals surface area contributed by atoms with Gasteiger partial charge in [-0.05, 0) is 37.6 Å². The van der Waals surface area contributed by atoms with E-state index in [4.69, 9.17) is 0 Å².